The Morgan fingerprint density at radius 2 is 2.29 bits per heavy atom. The van der Waals surface area contributed by atoms with E-state index in [-0.39, 0.29) is 6.61 Å². The van der Waals surface area contributed by atoms with Crippen molar-refractivity contribution in [2.75, 3.05) is 6.61 Å². The molecule has 0 aliphatic rings. The second-order valence-corrected chi connectivity index (χ2v) is 3.66. The average molecular weight is 260 g/mol. The molecule has 14 heavy (non-hydrogen) atoms. The molecule has 0 saturated carbocycles. The van der Waals surface area contributed by atoms with E-state index in [1.165, 1.54) is 0 Å². The Kier molecular flexibility index (Phi) is 3.91. The van der Waals surface area contributed by atoms with Gasteiger partial charge in [0.15, 0.2) is 0 Å². The summed E-state index contributed by atoms with van der Waals surface area (Å²) in [6, 6.07) is 6.55. The molecule has 0 aromatic heterocycles. The Morgan fingerprint density at radius 1 is 1.57 bits per heavy atom. The summed E-state index contributed by atoms with van der Waals surface area (Å²) in [7, 11) is 0. The Morgan fingerprint density at radius 3 is 2.79 bits per heavy atom. The van der Waals surface area contributed by atoms with E-state index in [4.69, 9.17) is 10.2 Å². The second kappa shape index (κ2) is 4.97. The summed E-state index contributed by atoms with van der Waals surface area (Å²) in [5.74, 6) is 0. The smallest absolute Gasteiger partial charge is 0.405 e. The van der Waals surface area contributed by atoms with Gasteiger partial charge in [0, 0.05) is 4.47 Å². The number of hydrogen-bond donors (Lipinski definition) is 3. The van der Waals surface area contributed by atoms with Gasteiger partial charge in [-0.1, -0.05) is 28.1 Å². The van der Waals surface area contributed by atoms with Crippen molar-refractivity contribution in [1.29, 1.82) is 0 Å². The molecule has 1 aromatic rings. The molecule has 3 N–H and O–H groups in total. The maximum atomic E-state index is 10.4. The first-order chi connectivity index (χ1) is 6.63. The highest BCUT2D eigenvalue weighted by Crippen LogP contribution is 2.17. The van der Waals surface area contributed by atoms with Gasteiger partial charge >= 0.3 is 6.09 Å². The molecule has 76 valence electrons. The van der Waals surface area contributed by atoms with Crippen LogP contribution in [0.3, 0.4) is 0 Å². The van der Waals surface area contributed by atoms with Crippen LogP contribution in [-0.4, -0.2) is 22.9 Å². The highest BCUT2D eigenvalue weighted by Gasteiger charge is 2.12. The third-order valence-corrected chi connectivity index (χ3v) is 2.22. The Bertz CT molecular complexity index is 330. The highest BCUT2D eigenvalue weighted by atomic mass is 79.9. The number of nitrogens with one attached hydrogen (secondary N) is 1. The molecule has 0 aliphatic heterocycles. The second-order valence-electron chi connectivity index (χ2n) is 2.74. The number of benzene rings is 1. The highest BCUT2D eigenvalue weighted by molar-refractivity contribution is 9.10. The number of amides is 1. The van der Waals surface area contributed by atoms with Crippen LogP contribution in [0.2, 0.25) is 0 Å². The van der Waals surface area contributed by atoms with Gasteiger partial charge in [0.1, 0.15) is 0 Å². The van der Waals surface area contributed by atoms with Crippen LogP contribution >= 0.6 is 15.9 Å². The minimum absolute atomic E-state index is 0.261. The zero-order valence-electron chi connectivity index (χ0n) is 7.27. The molecule has 1 rings (SSSR count). The molecule has 0 saturated heterocycles. The van der Waals surface area contributed by atoms with E-state index >= 15 is 0 Å². The van der Waals surface area contributed by atoms with Crippen molar-refractivity contribution in [3.8, 4) is 0 Å². The molecule has 1 atom stereocenters. The average Bonchev–Trinajstić information content (AvgIpc) is 2.14. The zero-order valence-corrected chi connectivity index (χ0v) is 8.86. The van der Waals surface area contributed by atoms with Crippen LogP contribution < -0.4 is 5.32 Å². The van der Waals surface area contributed by atoms with Gasteiger partial charge in [0.25, 0.3) is 0 Å². The largest absolute Gasteiger partial charge is 0.465 e. The lowest BCUT2D eigenvalue weighted by molar-refractivity contribution is 0.177. The van der Waals surface area contributed by atoms with E-state index in [1.807, 2.05) is 6.07 Å². The summed E-state index contributed by atoms with van der Waals surface area (Å²) in [4.78, 5) is 10.4. The summed E-state index contributed by atoms with van der Waals surface area (Å²) in [5, 5.41) is 19.7. The van der Waals surface area contributed by atoms with Gasteiger partial charge in [-0.05, 0) is 17.7 Å². The standard InChI is InChI=1S/C9H10BrNO3/c10-7-3-1-2-6(4-7)8(5-12)11-9(13)14/h1-4,8,11-12H,5H2,(H,13,14)/t8-/m1/s1. The van der Waals surface area contributed by atoms with Crippen molar-refractivity contribution in [3.05, 3.63) is 34.3 Å². The summed E-state index contributed by atoms with van der Waals surface area (Å²) in [6.45, 7) is -0.261. The van der Waals surface area contributed by atoms with Crippen LogP contribution in [0.1, 0.15) is 11.6 Å². The fourth-order valence-electron chi connectivity index (χ4n) is 1.11. The number of aliphatic hydroxyl groups excluding tert-OH is 1. The van der Waals surface area contributed by atoms with E-state index in [0.29, 0.717) is 0 Å². The van der Waals surface area contributed by atoms with Gasteiger partial charge < -0.3 is 15.5 Å². The van der Waals surface area contributed by atoms with Gasteiger partial charge in [0.2, 0.25) is 0 Å². The third kappa shape index (κ3) is 3.01. The van der Waals surface area contributed by atoms with Gasteiger partial charge in [-0.3, -0.25) is 0 Å². The van der Waals surface area contributed by atoms with Crippen molar-refractivity contribution in [3.63, 3.8) is 0 Å². The molecule has 0 unspecified atom stereocenters. The number of rotatable bonds is 3. The number of halogens is 1. The molecular weight excluding hydrogens is 250 g/mol. The van der Waals surface area contributed by atoms with Crippen molar-refractivity contribution in [2.45, 2.75) is 6.04 Å². The molecular formula is C9H10BrNO3. The fourth-order valence-corrected chi connectivity index (χ4v) is 1.52. The van der Waals surface area contributed by atoms with Gasteiger partial charge in [-0.2, -0.15) is 0 Å². The molecule has 0 fully saturated rings. The lowest BCUT2D eigenvalue weighted by Gasteiger charge is -2.14. The maximum absolute atomic E-state index is 10.4. The van der Waals surface area contributed by atoms with Crippen LogP contribution in [0.5, 0.6) is 0 Å². The van der Waals surface area contributed by atoms with Crippen LogP contribution in [0.15, 0.2) is 28.7 Å². The Hall–Kier alpha value is -1.07. The minimum atomic E-state index is -1.15. The van der Waals surface area contributed by atoms with E-state index in [2.05, 4.69) is 21.2 Å². The summed E-state index contributed by atoms with van der Waals surface area (Å²) >= 11 is 3.27. The van der Waals surface area contributed by atoms with Crippen molar-refractivity contribution in [1.82, 2.24) is 5.32 Å². The van der Waals surface area contributed by atoms with Gasteiger partial charge in [-0.25, -0.2) is 4.79 Å². The summed E-state index contributed by atoms with van der Waals surface area (Å²) in [5.41, 5.74) is 0.726. The SMILES string of the molecule is O=C(O)N[C@H](CO)c1cccc(Br)c1. The zero-order chi connectivity index (χ0) is 10.6. The Labute approximate surface area is 89.7 Å². The van der Waals surface area contributed by atoms with E-state index in [1.54, 1.807) is 18.2 Å². The molecule has 0 heterocycles. The number of aliphatic hydroxyl groups is 1. The van der Waals surface area contributed by atoms with Crippen LogP contribution in [-0.2, 0) is 0 Å². The predicted octanol–water partition coefficient (Wildman–Crippen LogP) is 1.75. The van der Waals surface area contributed by atoms with Crippen LogP contribution in [0, 0.1) is 0 Å². The summed E-state index contributed by atoms with van der Waals surface area (Å²) < 4.78 is 0.848. The van der Waals surface area contributed by atoms with E-state index < -0.39 is 12.1 Å². The van der Waals surface area contributed by atoms with Crippen LogP contribution in [0.25, 0.3) is 0 Å². The molecule has 4 nitrogen and oxygen atoms in total. The number of hydrogen-bond acceptors (Lipinski definition) is 2. The number of carboxylic acid groups (broad SMARTS) is 1. The fraction of sp³-hybridized carbons (Fsp3) is 0.222. The topological polar surface area (TPSA) is 69.6 Å². The van der Waals surface area contributed by atoms with Crippen molar-refractivity contribution < 1.29 is 15.0 Å². The molecule has 0 radical (unpaired) electrons. The number of carbonyl (C=O) groups is 1. The monoisotopic (exact) mass is 259 g/mol. The molecule has 1 amide bonds. The van der Waals surface area contributed by atoms with Crippen molar-refractivity contribution >= 4 is 22.0 Å². The first-order valence-corrected chi connectivity index (χ1v) is 4.78. The molecule has 0 spiro atoms. The van der Waals surface area contributed by atoms with E-state index in [9.17, 15) is 4.79 Å². The molecule has 0 bridgehead atoms. The normalized spacial score (nSPS) is 12.1. The van der Waals surface area contributed by atoms with Crippen LogP contribution in [0.4, 0.5) is 4.79 Å². The molecule has 1 aromatic carbocycles. The predicted molar refractivity (Wildman–Crippen MR) is 55.1 cm³/mol. The lowest BCUT2D eigenvalue weighted by atomic mass is 10.1. The summed E-state index contributed by atoms with van der Waals surface area (Å²) in [6.07, 6.45) is -1.15. The first-order valence-electron chi connectivity index (χ1n) is 3.99. The van der Waals surface area contributed by atoms with Gasteiger partial charge in [0.05, 0.1) is 12.6 Å². The minimum Gasteiger partial charge on any atom is -0.465 e. The Balaban J connectivity index is 2.83. The first kappa shape index (κ1) is 11.0. The van der Waals surface area contributed by atoms with E-state index in [0.717, 1.165) is 10.0 Å². The van der Waals surface area contributed by atoms with Gasteiger partial charge in [-0.15, -0.1) is 0 Å². The van der Waals surface area contributed by atoms with Crippen molar-refractivity contribution in [2.24, 2.45) is 0 Å². The lowest BCUT2D eigenvalue weighted by Crippen LogP contribution is -2.29. The molecule has 5 heteroatoms. The maximum Gasteiger partial charge on any atom is 0.405 e. The third-order valence-electron chi connectivity index (χ3n) is 1.73. The quantitative estimate of drug-likeness (QED) is 0.775. The molecule has 0 aliphatic carbocycles.